The third-order valence-corrected chi connectivity index (χ3v) is 2.86. The predicted octanol–water partition coefficient (Wildman–Crippen LogP) is -0.411. The van der Waals surface area contributed by atoms with Gasteiger partial charge in [0, 0.05) is 27.4 Å². The van der Waals surface area contributed by atoms with E-state index in [1.165, 1.54) is 7.11 Å². The van der Waals surface area contributed by atoms with Crippen LogP contribution in [-0.2, 0) is 19.5 Å². The van der Waals surface area contributed by atoms with Crippen LogP contribution < -0.4 is 4.72 Å². The van der Waals surface area contributed by atoms with Gasteiger partial charge in [-0.2, -0.15) is 0 Å². The van der Waals surface area contributed by atoms with E-state index in [0.717, 1.165) is 0 Å². The van der Waals surface area contributed by atoms with Crippen LogP contribution in [0.25, 0.3) is 0 Å². The highest BCUT2D eigenvalue weighted by Crippen LogP contribution is 1.89. The van der Waals surface area contributed by atoms with Gasteiger partial charge in [0.2, 0.25) is 10.0 Å². The summed E-state index contributed by atoms with van der Waals surface area (Å²) in [6.07, 6.45) is 0.513. The first-order chi connectivity index (χ1) is 6.12. The summed E-state index contributed by atoms with van der Waals surface area (Å²) in [5, 5.41) is 0. The maximum atomic E-state index is 11.2. The predicted molar refractivity (Wildman–Crippen MR) is 50.2 cm³/mol. The van der Waals surface area contributed by atoms with E-state index in [9.17, 15) is 8.42 Å². The summed E-state index contributed by atoms with van der Waals surface area (Å²) in [4.78, 5) is 0. The third-order valence-electron chi connectivity index (χ3n) is 1.39. The first-order valence-electron chi connectivity index (χ1n) is 4.07. The molecule has 1 N–H and O–H groups in total. The third kappa shape index (κ3) is 8.17. The van der Waals surface area contributed by atoms with Gasteiger partial charge in [-0.1, -0.05) is 0 Å². The lowest BCUT2D eigenvalue weighted by atomic mass is 10.5. The summed E-state index contributed by atoms with van der Waals surface area (Å²) >= 11 is 0. The van der Waals surface area contributed by atoms with Crippen LogP contribution in [0.15, 0.2) is 0 Å². The Morgan fingerprint density at radius 1 is 1.15 bits per heavy atom. The average molecular weight is 211 g/mol. The highest BCUT2D eigenvalue weighted by molar-refractivity contribution is 7.89. The number of sulfonamides is 1. The van der Waals surface area contributed by atoms with Crippen LogP contribution in [0.5, 0.6) is 0 Å². The highest BCUT2D eigenvalue weighted by Gasteiger charge is 2.07. The maximum Gasteiger partial charge on any atom is 0.211 e. The van der Waals surface area contributed by atoms with Crippen LogP contribution in [0.3, 0.4) is 0 Å². The van der Waals surface area contributed by atoms with Gasteiger partial charge >= 0.3 is 0 Å². The molecule has 0 aliphatic rings. The van der Waals surface area contributed by atoms with Gasteiger partial charge in [-0.05, 0) is 6.42 Å². The summed E-state index contributed by atoms with van der Waals surface area (Å²) in [6, 6.07) is 0. The number of nitrogens with one attached hydrogen (secondary N) is 1. The number of methoxy groups -OCH3 is 2. The standard InChI is InChI=1S/C7H17NO4S/c1-11-5-3-7-13(9,10)8-4-6-12-2/h8H,3-7H2,1-2H3. The van der Waals surface area contributed by atoms with E-state index in [1.807, 2.05) is 0 Å². The largest absolute Gasteiger partial charge is 0.385 e. The zero-order valence-corrected chi connectivity index (χ0v) is 8.89. The van der Waals surface area contributed by atoms with E-state index in [4.69, 9.17) is 9.47 Å². The fourth-order valence-electron chi connectivity index (χ4n) is 0.765. The molecule has 80 valence electrons. The lowest BCUT2D eigenvalue weighted by Crippen LogP contribution is -2.29. The van der Waals surface area contributed by atoms with Gasteiger partial charge in [-0.15, -0.1) is 0 Å². The molecule has 0 spiro atoms. The van der Waals surface area contributed by atoms with Crippen molar-refractivity contribution in [2.24, 2.45) is 0 Å². The van der Waals surface area contributed by atoms with Crippen LogP contribution in [0.2, 0.25) is 0 Å². The van der Waals surface area contributed by atoms with Gasteiger partial charge in [0.25, 0.3) is 0 Å². The lowest BCUT2D eigenvalue weighted by Gasteiger charge is -2.05. The molecule has 0 aromatic carbocycles. The first kappa shape index (κ1) is 12.8. The molecule has 0 bridgehead atoms. The van der Waals surface area contributed by atoms with Crippen LogP contribution in [0, 0.1) is 0 Å². The van der Waals surface area contributed by atoms with Gasteiger partial charge in [-0.25, -0.2) is 13.1 Å². The molecule has 0 rings (SSSR count). The van der Waals surface area contributed by atoms with Crippen molar-refractivity contribution in [3.05, 3.63) is 0 Å². The molecule has 0 unspecified atom stereocenters. The van der Waals surface area contributed by atoms with Gasteiger partial charge in [-0.3, -0.25) is 0 Å². The van der Waals surface area contributed by atoms with Gasteiger partial charge in [0.05, 0.1) is 12.4 Å². The Balaban J connectivity index is 3.55. The molecule has 0 aromatic heterocycles. The van der Waals surface area contributed by atoms with Crippen LogP contribution in [0.1, 0.15) is 6.42 Å². The Bertz CT molecular complexity index is 187. The maximum absolute atomic E-state index is 11.2. The van der Waals surface area contributed by atoms with E-state index in [-0.39, 0.29) is 5.75 Å². The minimum atomic E-state index is -3.14. The summed E-state index contributed by atoms with van der Waals surface area (Å²) in [5.74, 6) is 0.102. The molecule has 0 aliphatic heterocycles. The summed E-state index contributed by atoms with van der Waals surface area (Å²) in [5.41, 5.74) is 0. The van der Waals surface area contributed by atoms with Crippen LogP contribution in [0.4, 0.5) is 0 Å². The normalized spacial score (nSPS) is 11.8. The Morgan fingerprint density at radius 2 is 1.77 bits per heavy atom. The summed E-state index contributed by atoms with van der Waals surface area (Å²) in [7, 11) is -0.0625. The molecule has 0 aromatic rings. The minimum absolute atomic E-state index is 0.102. The van der Waals surface area contributed by atoms with Gasteiger partial charge in [0.15, 0.2) is 0 Å². The molecule has 0 atom stereocenters. The molecule has 0 aliphatic carbocycles. The smallest absolute Gasteiger partial charge is 0.211 e. The first-order valence-corrected chi connectivity index (χ1v) is 5.73. The van der Waals surface area contributed by atoms with Gasteiger partial charge < -0.3 is 9.47 Å². The number of hydrogen-bond donors (Lipinski definition) is 1. The summed E-state index contributed by atoms with van der Waals surface area (Å²) in [6.45, 7) is 1.18. The molecule has 0 saturated heterocycles. The Hall–Kier alpha value is -0.170. The van der Waals surface area contributed by atoms with Crippen LogP contribution >= 0.6 is 0 Å². The van der Waals surface area contributed by atoms with Crippen molar-refractivity contribution < 1.29 is 17.9 Å². The number of ether oxygens (including phenoxy) is 2. The zero-order chi connectivity index (χ0) is 10.2. The molecule has 5 nitrogen and oxygen atoms in total. The van der Waals surface area contributed by atoms with Crippen LogP contribution in [-0.4, -0.2) is 48.1 Å². The van der Waals surface area contributed by atoms with Crippen molar-refractivity contribution in [1.82, 2.24) is 4.72 Å². The van der Waals surface area contributed by atoms with Crippen molar-refractivity contribution in [2.45, 2.75) is 6.42 Å². The molecule has 6 heteroatoms. The van der Waals surface area contributed by atoms with Gasteiger partial charge in [0.1, 0.15) is 0 Å². The Labute approximate surface area is 79.5 Å². The molecule has 0 amide bonds. The molecular weight excluding hydrogens is 194 g/mol. The summed E-state index contributed by atoms with van der Waals surface area (Å²) < 4.78 is 34.2. The lowest BCUT2D eigenvalue weighted by molar-refractivity contribution is 0.199. The average Bonchev–Trinajstić information content (AvgIpc) is 2.05. The van der Waals surface area contributed by atoms with E-state index >= 15 is 0 Å². The quantitative estimate of drug-likeness (QED) is 0.554. The molecule has 0 saturated carbocycles. The fraction of sp³-hybridized carbons (Fsp3) is 1.00. The second-order valence-corrected chi connectivity index (χ2v) is 4.48. The van der Waals surface area contributed by atoms with E-state index < -0.39 is 10.0 Å². The zero-order valence-electron chi connectivity index (χ0n) is 8.08. The number of rotatable bonds is 8. The van der Waals surface area contributed by atoms with Crippen molar-refractivity contribution in [2.75, 3.05) is 39.7 Å². The van der Waals surface area contributed by atoms with Crippen molar-refractivity contribution in [3.63, 3.8) is 0 Å². The SMILES string of the molecule is COCCCS(=O)(=O)NCCOC. The minimum Gasteiger partial charge on any atom is -0.385 e. The van der Waals surface area contributed by atoms with E-state index in [1.54, 1.807) is 7.11 Å². The molecular formula is C7H17NO4S. The highest BCUT2D eigenvalue weighted by atomic mass is 32.2. The molecule has 0 heterocycles. The molecule has 0 radical (unpaired) electrons. The molecule has 13 heavy (non-hydrogen) atoms. The Morgan fingerprint density at radius 3 is 2.31 bits per heavy atom. The van der Waals surface area contributed by atoms with Crippen molar-refractivity contribution in [1.29, 1.82) is 0 Å². The second-order valence-electron chi connectivity index (χ2n) is 2.55. The topological polar surface area (TPSA) is 64.6 Å². The van der Waals surface area contributed by atoms with E-state index in [0.29, 0.717) is 26.2 Å². The Kier molecular flexibility index (Phi) is 7.16. The monoisotopic (exact) mass is 211 g/mol. The van der Waals surface area contributed by atoms with Crippen molar-refractivity contribution in [3.8, 4) is 0 Å². The fourth-order valence-corrected chi connectivity index (χ4v) is 1.80. The van der Waals surface area contributed by atoms with Crippen molar-refractivity contribution >= 4 is 10.0 Å². The second kappa shape index (κ2) is 7.25. The number of hydrogen-bond acceptors (Lipinski definition) is 4. The van der Waals surface area contributed by atoms with E-state index in [2.05, 4.69) is 4.72 Å². The molecule has 0 fully saturated rings.